The molecular weight excluding hydrogens is 338 g/mol. The minimum atomic E-state index is -0.642. The predicted octanol–water partition coefficient (Wildman–Crippen LogP) is 4.15. The molecule has 2 aromatic heterocycles. The molecule has 0 spiro atoms. The van der Waals surface area contributed by atoms with Gasteiger partial charge in [-0.25, -0.2) is 4.79 Å². The van der Waals surface area contributed by atoms with Crippen LogP contribution in [-0.2, 0) is 9.53 Å². The van der Waals surface area contributed by atoms with Crippen molar-refractivity contribution in [2.45, 2.75) is 6.92 Å². The van der Waals surface area contributed by atoms with Crippen molar-refractivity contribution in [2.75, 3.05) is 6.61 Å². The van der Waals surface area contributed by atoms with Gasteiger partial charge in [0, 0.05) is 40.3 Å². The van der Waals surface area contributed by atoms with Gasteiger partial charge in [-0.2, -0.15) is 5.26 Å². The molecule has 0 saturated carbocycles. The van der Waals surface area contributed by atoms with Crippen LogP contribution in [0.15, 0.2) is 54.5 Å². The Hall–Kier alpha value is -3.10. The molecule has 0 N–H and O–H groups in total. The number of nitrogens with zero attached hydrogens (tertiary/aromatic N) is 3. The molecule has 0 aliphatic heterocycles. The first-order valence-electron chi connectivity index (χ1n) is 7.64. The lowest BCUT2D eigenvalue weighted by Crippen LogP contribution is -2.05. The van der Waals surface area contributed by atoms with Crippen molar-refractivity contribution in [3.8, 4) is 11.8 Å². The number of halogens is 1. The van der Waals surface area contributed by atoms with Gasteiger partial charge in [-0.3, -0.25) is 4.98 Å². The quantitative estimate of drug-likeness (QED) is 0.402. The zero-order valence-electron chi connectivity index (χ0n) is 13.4. The summed E-state index contributed by atoms with van der Waals surface area (Å²) >= 11 is 6.13. The summed E-state index contributed by atoms with van der Waals surface area (Å²) in [6, 6.07) is 11.1. The van der Waals surface area contributed by atoms with Crippen LogP contribution in [0.1, 0.15) is 12.5 Å². The zero-order valence-corrected chi connectivity index (χ0v) is 14.2. The third-order valence-corrected chi connectivity index (χ3v) is 3.89. The lowest BCUT2D eigenvalue weighted by atomic mass is 10.1. The third-order valence-electron chi connectivity index (χ3n) is 3.65. The van der Waals surface area contributed by atoms with Crippen molar-refractivity contribution < 1.29 is 9.53 Å². The van der Waals surface area contributed by atoms with Gasteiger partial charge in [0.15, 0.2) is 0 Å². The molecule has 0 aliphatic carbocycles. The molecule has 0 unspecified atom stereocenters. The van der Waals surface area contributed by atoms with Gasteiger partial charge in [0.05, 0.1) is 12.1 Å². The number of fused-ring (bicyclic) bond motifs is 1. The number of ether oxygens (including phenoxy) is 1. The van der Waals surface area contributed by atoms with Gasteiger partial charge in [-0.15, -0.1) is 0 Å². The number of nitriles is 1. The molecule has 5 nitrogen and oxygen atoms in total. The van der Waals surface area contributed by atoms with Crippen LogP contribution in [0.25, 0.3) is 22.7 Å². The molecule has 0 amide bonds. The van der Waals surface area contributed by atoms with Crippen LogP contribution in [0.2, 0.25) is 5.02 Å². The molecule has 0 atom stereocenters. The van der Waals surface area contributed by atoms with Crippen LogP contribution >= 0.6 is 11.6 Å². The summed E-state index contributed by atoms with van der Waals surface area (Å²) in [6.07, 6.45) is 6.78. The molecular formula is C19H14ClN3O2. The average molecular weight is 352 g/mol. The fourth-order valence-electron chi connectivity index (χ4n) is 2.56. The molecule has 6 heteroatoms. The Labute approximate surface area is 149 Å². The number of esters is 1. The number of pyridine rings is 1. The highest BCUT2D eigenvalue weighted by atomic mass is 35.5. The number of hydrogen-bond acceptors (Lipinski definition) is 4. The smallest absolute Gasteiger partial charge is 0.348 e. The van der Waals surface area contributed by atoms with Crippen LogP contribution < -0.4 is 0 Å². The van der Waals surface area contributed by atoms with Crippen LogP contribution in [0.4, 0.5) is 0 Å². The van der Waals surface area contributed by atoms with Crippen LogP contribution in [-0.4, -0.2) is 22.1 Å². The fraction of sp³-hybridized carbons (Fsp3) is 0.105. The summed E-state index contributed by atoms with van der Waals surface area (Å²) in [4.78, 5) is 15.9. The van der Waals surface area contributed by atoms with Crippen molar-refractivity contribution in [3.63, 3.8) is 0 Å². The number of hydrogen-bond donors (Lipinski definition) is 0. The Bertz CT molecular complexity index is 1000. The van der Waals surface area contributed by atoms with E-state index in [2.05, 4.69) is 4.98 Å². The minimum Gasteiger partial charge on any atom is -0.462 e. The summed E-state index contributed by atoms with van der Waals surface area (Å²) in [7, 11) is 0. The summed E-state index contributed by atoms with van der Waals surface area (Å²) < 4.78 is 6.88. The largest absolute Gasteiger partial charge is 0.462 e. The average Bonchev–Trinajstić information content (AvgIpc) is 2.98. The lowest BCUT2D eigenvalue weighted by Gasteiger charge is -2.04. The van der Waals surface area contributed by atoms with Gasteiger partial charge in [0.25, 0.3) is 0 Å². The van der Waals surface area contributed by atoms with Gasteiger partial charge < -0.3 is 9.30 Å². The van der Waals surface area contributed by atoms with E-state index in [1.807, 2.05) is 35.0 Å². The molecule has 25 heavy (non-hydrogen) atoms. The molecule has 1 aromatic carbocycles. The molecule has 0 aliphatic rings. The SMILES string of the molecule is CCOC(=O)/C(C#N)=C/c1cn(-c2ccncc2)c2ccc(Cl)cc12. The van der Waals surface area contributed by atoms with Gasteiger partial charge >= 0.3 is 5.97 Å². The number of benzene rings is 1. The molecule has 0 bridgehead atoms. The van der Waals surface area contributed by atoms with Crippen molar-refractivity contribution in [3.05, 3.63) is 65.1 Å². The molecule has 0 fully saturated rings. The lowest BCUT2D eigenvalue weighted by molar-refractivity contribution is -0.137. The van der Waals surface area contributed by atoms with Gasteiger partial charge in [0.1, 0.15) is 11.6 Å². The Morgan fingerprint density at radius 3 is 2.80 bits per heavy atom. The van der Waals surface area contributed by atoms with E-state index in [1.54, 1.807) is 31.5 Å². The number of rotatable bonds is 4. The Kier molecular flexibility index (Phi) is 4.82. The van der Waals surface area contributed by atoms with Crippen molar-refractivity contribution in [2.24, 2.45) is 0 Å². The Morgan fingerprint density at radius 2 is 2.12 bits per heavy atom. The van der Waals surface area contributed by atoms with Crippen molar-refractivity contribution in [1.82, 2.24) is 9.55 Å². The maximum atomic E-state index is 11.9. The van der Waals surface area contributed by atoms with E-state index in [0.29, 0.717) is 10.6 Å². The highest BCUT2D eigenvalue weighted by Gasteiger charge is 2.14. The molecule has 0 radical (unpaired) electrons. The van der Waals surface area contributed by atoms with Gasteiger partial charge in [-0.05, 0) is 43.3 Å². The highest BCUT2D eigenvalue weighted by molar-refractivity contribution is 6.31. The molecule has 0 saturated heterocycles. The standard InChI is InChI=1S/C19H14ClN3O2/c1-2-25-19(24)13(11-21)9-14-12-23(16-5-7-22-8-6-16)18-4-3-15(20)10-17(14)18/h3-10,12H,2H2,1H3/b13-9+. The third kappa shape index (κ3) is 3.39. The minimum absolute atomic E-state index is 0.0596. The fourth-order valence-corrected chi connectivity index (χ4v) is 2.73. The van der Waals surface area contributed by atoms with E-state index < -0.39 is 5.97 Å². The first-order valence-corrected chi connectivity index (χ1v) is 8.01. The van der Waals surface area contributed by atoms with E-state index in [1.165, 1.54) is 6.08 Å². The normalized spacial score (nSPS) is 11.3. The summed E-state index contributed by atoms with van der Waals surface area (Å²) in [5.74, 6) is -0.642. The highest BCUT2D eigenvalue weighted by Crippen LogP contribution is 2.29. The Morgan fingerprint density at radius 1 is 1.36 bits per heavy atom. The summed E-state index contributed by atoms with van der Waals surface area (Å²) in [5, 5.41) is 10.7. The van der Waals surface area contributed by atoms with Crippen LogP contribution in [0, 0.1) is 11.3 Å². The molecule has 3 rings (SSSR count). The number of carbonyl (C=O) groups excluding carboxylic acids is 1. The first-order chi connectivity index (χ1) is 12.1. The molecule has 2 heterocycles. The zero-order chi connectivity index (χ0) is 17.8. The van der Waals surface area contributed by atoms with Crippen molar-refractivity contribution >= 4 is 34.5 Å². The Balaban J connectivity index is 2.21. The second kappa shape index (κ2) is 7.20. The maximum Gasteiger partial charge on any atom is 0.348 e. The first kappa shape index (κ1) is 16.7. The van der Waals surface area contributed by atoms with E-state index in [4.69, 9.17) is 16.3 Å². The topological polar surface area (TPSA) is 67.9 Å². The monoisotopic (exact) mass is 351 g/mol. The number of aromatic nitrogens is 2. The van der Waals surface area contributed by atoms with E-state index >= 15 is 0 Å². The second-order valence-corrected chi connectivity index (χ2v) is 5.65. The van der Waals surface area contributed by atoms with Crippen LogP contribution in [0.3, 0.4) is 0 Å². The summed E-state index contributed by atoms with van der Waals surface area (Å²) in [5.41, 5.74) is 2.47. The number of carbonyl (C=O) groups is 1. The maximum absolute atomic E-state index is 11.9. The predicted molar refractivity (Wildman–Crippen MR) is 96.3 cm³/mol. The van der Waals surface area contributed by atoms with E-state index in [9.17, 15) is 10.1 Å². The van der Waals surface area contributed by atoms with Gasteiger partial charge in [-0.1, -0.05) is 11.6 Å². The van der Waals surface area contributed by atoms with Crippen LogP contribution in [0.5, 0.6) is 0 Å². The molecule has 3 aromatic rings. The van der Waals surface area contributed by atoms with Gasteiger partial charge in [0.2, 0.25) is 0 Å². The van der Waals surface area contributed by atoms with Crippen molar-refractivity contribution in [1.29, 1.82) is 5.26 Å². The van der Waals surface area contributed by atoms with E-state index in [-0.39, 0.29) is 12.2 Å². The summed E-state index contributed by atoms with van der Waals surface area (Å²) in [6.45, 7) is 1.91. The van der Waals surface area contributed by atoms with E-state index in [0.717, 1.165) is 16.6 Å². The second-order valence-electron chi connectivity index (χ2n) is 5.21. The molecule has 124 valence electrons.